The van der Waals surface area contributed by atoms with Crippen molar-refractivity contribution in [2.45, 2.75) is 31.5 Å². The minimum atomic E-state index is -0.361. The number of hydrogen-bond acceptors (Lipinski definition) is 3. The second-order valence-corrected chi connectivity index (χ2v) is 3.44. The molecule has 1 N–H and O–H groups in total. The van der Waals surface area contributed by atoms with Gasteiger partial charge in [0.05, 0.1) is 0 Å². The van der Waals surface area contributed by atoms with E-state index in [-0.39, 0.29) is 12.4 Å². The molecule has 0 bridgehead atoms. The number of rotatable bonds is 4. The molecule has 0 aliphatic heterocycles. The highest BCUT2D eigenvalue weighted by Gasteiger charge is 2.38. The first-order valence-electron chi connectivity index (χ1n) is 4.47. The Kier molecular flexibility index (Phi) is 3.50. The van der Waals surface area contributed by atoms with Gasteiger partial charge in [-0.1, -0.05) is 0 Å². The average Bonchev–Trinajstić information content (AvgIpc) is 2.50. The first-order chi connectivity index (χ1) is 5.76. The van der Waals surface area contributed by atoms with Gasteiger partial charge in [0, 0.05) is 33.7 Å². The van der Waals surface area contributed by atoms with Gasteiger partial charge in [0.15, 0.2) is 5.79 Å². The quantitative estimate of drug-likeness (QED) is 0.650. The highest BCUT2D eigenvalue weighted by Crippen LogP contribution is 2.38. The molecule has 0 spiro atoms. The zero-order valence-corrected chi connectivity index (χ0v) is 7.88. The van der Waals surface area contributed by atoms with E-state index in [4.69, 9.17) is 14.6 Å². The summed E-state index contributed by atoms with van der Waals surface area (Å²) in [6.07, 6.45) is 3.84. The molecule has 1 saturated carbocycles. The standard InChI is InChI=1S/C9H18O3/c1-11-9(12-2)5-3-8(7-9)4-6-10/h8,10H,3-7H2,1-2H3/t8-/m0/s1. The van der Waals surface area contributed by atoms with Crippen molar-refractivity contribution < 1.29 is 14.6 Å². The largest absolute Gasteiger partial charge is 0.396 e. The molecule has 1 atom stereocenters. The highest BCUT2D eigenvalue weighted by atomic mass is 16.7. The molecule has 0 unspecified atom stereocenters. The number of aliphatic hydroxyl groups is 1. The molecule has 0 amide bonds. The summed E-state index contributed by atoms with van der Waals surface area (Å²) in [5.74, 6) is 0.203. The maximum absolute atomic E-state index is 8.76. The summed E-state index contributed by atoms with van der Waals surface area (Å²) < 4.78 is 10.6. The predicted molar refractivity (Wildman–Crippen MR) is 45.8 cm³/mol. The van der Waals surface area contributed by atoms with Gasteiger partial charge >= 0.3 is 0 Å². The highest BCUT2D eigenvalue weighted by molar-refractivity contribution is 4.82. The van der Waals surface area contributed by atoms with Crippen LogP contribution < -0.4 is 0 Å². The topological polar surface area (TPSA) is 38.7 Å². The van der Waals surface area contributed by atoms with Crippen molar-refractivity contribution in [1.82, 2.24) is 0 Å². The zero-order chi connectivity index (χ0) is 9.03. The van der Waals surface area contributed by atoms with Crippen LogP contribution in [0.4, 0.5) is 0 Å². The van der Waals surface area contributed by atoms with Crippen LogP contribution in [-0.4, -0.2) is 31.7 Å². The summed E-state index contributed by atoms with van der Waals surface area (Å²) in [4.78, 5) is 0. The number of methoxy groups -OCH3 is 2. The Balaban J connectivity index is 2.41. The van der Waals surface area contributed by atoms with Gasteiger partial charge in [0.1, 0.15) is 0 Å². The molecule has 1 aliphatic rings. The van der Waals surface area contributed by atoms with Crippen molar-refractivity contribution in [3.63, 3.8) is 0 Å². The van der Waals surface area contributed by atoms with E-state index in [0.717, 1.165) is 25.7 Å². The van der Waals surface area contributed by atoms with Crippen molar-refractivity contribution in [3.8, 4) is 0 Å². The van der Waals surface area contributed by atoms with Crippen LogP contribution in [0.15, 0.2) is 0 Å². The Morgan fingerprint density at radius 3 is 2.50 bits per heavy atom. The van der Waals surface area contributed by atoms with Crippen molar-refractivity contribution in [3.05, 3.63) is 0 Å². The van der Waals surface area contributed by atoms with Gasteiger partial charge < -0.3 is 14.6 Å². The van der Waals surface area contributed by atoms with E-state index in [2.05, 4.69) is 0 Å². The molecule has 72 valence electrons. The first-order valence-corrected chi connectivity index (χ1v) is 4.47. The molecule has 0 aromatic heterocycles. The molecular formula is C9H18O3. The summed E-state index contributed by atoms with van der Waals surface area (Å²) in [5, 5.41) is 8.76. The lowest BCUT2D eigenvalue weighted by Crippen LogP contribution is -2.30. The molecule has 0 saturated heterocycles. The van der Waals surface area contributed by atoms with Crippen molar-refractivity contribution in [2.75, 3.05) is 20.8 Å². The average molecular weight is 174 g/mol. The van der Waals surface area contributed by atoms with E-state index >= 15 is 0 Å². The fourth-order valence-electron chi connectivity index (χ4n) is 1.95. The first kappa shape index (κ1) is 9.96. The normalized spacial score (nSPS) is 27.8. The van der Waals surface area contributed by atoms with E-state index in [1.54, 1.807) is 14.2 Å². The Morgan fingerprint density at radius 1 is 1.42 bits per heavy atom. The van der Waals surface area contributed by atoms with Gasteiger partial charge in [-0.25, -0.2) is 0 Å². The third-order valence-electron chi connectivity index (χ3n) is 2.81. The predicted octanol–water partition coefficient (Wildman–Crippen LogP) is 1.16. The smallest absolute Gasteiger partial charge is 0.167 e. The Labute approximate surface area is 73.7 Å². The van der Waals surface area contributed by atoms with Crippen LogP contribution in [-0.2, 0) is 9.47 Å². The molecule has 1 rings (SSSR count). The van der Waals surface area contributed by atoms with E-state index in [9.17, 15) is 0 Å². The Morgan fingerprint density at radius 2 is 2.08 bits per heavy atom. The lowest BCUT2D eigenvalue weighted by Gasteiger charge is -2.25. The molecule has 0 heterocycles. The molecule has 3 nitrogen and oxygen atoms in total. The summed E-state index contributed by atoms with van der Waals surface area (Å²) >= 11 is 0. The Hall–Kier alpha value is -0.120. The molecule has 0 aromatic carbocycles. The lowest BCUT2D eigenvalue weighted by atomic mass is 10.0. The monoisotopic (exact) mass is 174 g/mol. The molecule has 12 heavy (non-hydrogen) atoms. The molecule has 1 fully saturated rings. The summed E-state index contributed by atoms with van der Waals surface area (Å²) in [6.45, 7) is 0.272. The maximum atomic E-state index is 8.76. The minimum Gasteiger partial charge on any atom is -0.396 e. The van der Waals surface area contributed by atoms with E-state index in [1.165, 1.54) is 0 Å². The van der Waals surface area contributed by atoms with E-state index < -0.39 is 0 Å². The maximum Gasteiger partial charge on any atom is 0.167 e. The van der Waals surface area contributed by atoms with E-state index in [1.807, 2.05) is 0 Å². The fraction of sp³-hybridized carbons (Fsp3) is 1.00. The Bertz CT molecular complexity index is 132. The van der Waals surface area contributed by atoms with Crippen LogP contribution in [0, 0.1) is 5.92 Å². The molecule has 3 heteroatoms. The number of hydrogen-bond donors (Lipinski definition) is 1. The zero-order valence-electron chi connectivity index (χ0n) is 7.88. The van der Waals surface area contributed by atoms with Gasteiger partial charge in [-0.15, -0.1) is 0 Å². The third-order valence-corrected chi connectivity index (χ3v) is 2.81. The van der Waals surface area contributed by atoms with Gasteiger partial charge in [-0.05, 0) is 18.8 Å². The lowest BCUT2D eigenvalue weighted by molar-refractivity contribution is -0.202. The summed E-state index contributed by atoms with van der Waals surface area (Å²) in [7, 11) is 3.37. The van der Waals surface area contributed by atoms with Crippen molar-refractivity contribution in [2.24, 2.45) is 5.92 Å². The molecule has 0 aromatic rings. The third kappa shape index (κ3) is 1.97. The van der Waals surface area contributed by atoms with Crippen LogP contribution in [0.5, 0.6) is 0 Å². The van der Waals surface area contributed by atoms with Gasteiger partial charge in [-0.2, -0.15) is 0 Å². The SMILES string of the molecule is COC1(OC)CC[C@@H](CCO)C1. The fourth-order valence-corrected chi connectivity index (χ4v) is 1.95. The van der Waals surface area contributed by atoms with Crippen LogP contribution in [0.3, 0.4) is 0 Å². The van der Waals surface area contributed by atoms with Crippen LogP contribution in [0.1, 0.15) is 25.7 Å². The summed E-state index contributed by atoms with van der Waals surface area (Å²) in [6, 6.07) is 0. The van der Waals surface area contributed by atoms with Crippen LogP contribution >= 0.6 is 0 Å². The van der Waals surface area contributed by atoms with E-state index in [0.29, 0.717) is 5.92 Å². The van der Waals surface area contributed by atoms with Crippen molar-refractivity contribution >= 4 is 0 Å². The second-order valence-electron chi connectivity index (χ2n) is 3.44. The number of ether oxygens (including phenoxy) is 2. The van der Waals surface area contributed by atoms with Gasteiger partial charge in [0.25, 0.3) is 0 Å². The molecule has 0 radical (unpaired) electrons. The van der Waals surface area contributed by atoms with Crippen molar-refractivity contribution in [1.29, 1.82) is 0 Å². The van der Waals surface area contributed by atoms with Gasteiger partial charge in [0.2, 0.25) is 0 Å². The van der Waals surface area contributed by atoms with Crippen LogP contribution in [0.2, 0.25) is 0 Å². The molecular weight excluding hydrogens is 156 g/mol. The molecule has 1 aliphatic carbocycles. The van der Waals surface area contributed by atoms with Gasteiger partial charge in [-0.3, -0.25) is 0 Å². The summed E-state index contributed by atoms with van der Waals surface area (Å²) in [5.41, 5.74) is 0. The second kappa shape index (κ2) is 4.21. The minimum absolute atomic E-state index is 0.272. The van der Waals surface area contributed by atoms with Crippen LogP contribution in [0.25, 0.3) is 0 Å². The number of aliphatic hydroxyl groups excluding tert-OH is 1.